The lowest BCUT2D eigenvalue weighted by atomic mass is 10.1. The van der Waals surface area contributed by atoms with Crippen molar-refractivity contribution in [2.45, 2.75) is 6.54 Å². The third kappa shape index (κ3) is 2.42. The van der Waals surface area contributed by atoms with Crippen molar-refractivity contribution >= 4 is 11.7 Å². The minimum atomic E-state index is -0.0561. The molecule has 20 heavy (non-hydrogen) atoms. The maximum atomic E-state index is 12.5. The van der Waals surface area contributed by atoms with Crippen molar-refractivity contribution in [3.05, 3.63) is 53.7 Å². The lowest BCUT2D eigenvalue weighted by Gasteiger charge is -2.19. The van der Waals surface area contributed by atoms with Crippen molar-refractivity contribution in [3.63, 3.8) is 0 Å². The largest absolute Gasteiger partial charge is 0.491 e. The Morgan fingerprint density at radius 3 is 3.00 bits per heavy atom. The molecule has 1 aromatic carbocycles. The van der Waals surface area contributed by atoms with Crippen LogP contribution in [-0.2, 0) is 6.54 Å². The second-order valence-electron chi connectivity index (χ2n) is 4.65. The number of fused-ring (bicyclic) bond motifs is 1. The van der Waals surface area contributed by atoms with Crippen LogP contribution in [0.3, 0.4) is 0 Å². The number of aromatic nitrogens is 1. The number of pyridine rings is 1. The first-order valence-corrected chi connectivity index (χ1v) is 6.45. The molecule has 0 bridgehead atoms. The van der Waals surface area contributed by atoms with E-state index >= 15 is 0 Å². The van der Waals surface area contributed by atoms with E-state index in [0.29, 0.717) is 31.1 Å². The molecule has 2 heterocycles. The number of carbonyl (C=O) groups excluding carboxylic acids is 1. The Bertz CT molecular complexity index is 643. The van der Waals surface area contributed by atoms with Crippen molar-refractivity contribution in [3.8, 4) is 5.75 Å². The van der Waals surface area contributed by atoms with Gasteiger partial charge in [-0.3, -0.25) is 4.79 Å². The number of benzene rings is 1. The number of anilines is 1. The molecule has 2 N–H and O–H groups in total. The van der Waals surface area contributed by atoms with Crippen LogP contribution < -0.4 is 10.5 Å². The molecule has 0 unspecified atom stereocenters. The number of para-hydroxylation sites is 1. The first kappa shape index (κ1) is 12.5. The van der Waals surface area contributed by atoms with Crippen molar-refractivity contribution < 1.29 is 9.53 Å². The van der Waals surface area contributed by atoms with Gasteiger partial charge in [0.25, 0.3) is 5.91 Å². The highest BCUT2D eigenvalue weighted by Crippen LogP contribution is 2.23. The Kier molecular flexibility index (Phi) is 3.25. The highest BCUT2D eigenvalue weighted by atomic mass is 16.5. The molecule has 102 valence electrons. The zero-order valence-electron chi connectivity index (χ0n) is 11.0. The molecular weight excluding hydrogens is 254 g/mol. The van der Waals surface area contributed by atoms with Crippen LogP contribution in [-0.4, -0.2) is 28.9 Å². The van der Waals surface area contributed by atoms with E-state index in [-0.39, 0.29) is 5.91 Å². The minimum Gasteiger partial charge on any atom is -0.491 e. The average molecular weight is 269 g/mol. The van der Waals surface area contributed by atoms with Gasteiger partial charge < -0.3 is 15.4 Å². The molecule has 5 nitrogen and oxygen atoms in total. The van der Waals surface area contributed by atoms with Gasteiger partial charge in [0.05, 0.1) is 6.54 Å². The van der Waals surface area contributed by atoms with Gasteiger partial charge >= 0.3 is 0 Å². The number of nitrogens with zero attached hydrogens (tertiary/aromatic N) is 2. The molecule has 1 aliphatic heterocycles. The van der Waals surface area contributed by atoms with Gasteiger partial charge in [-0.05, 0) is 18.2 Å². The molecule has 0 fully saturated rings. The van der Waals surface area contributed by atoms with Crippen LogP contribution in [0.4, 0.5) is 5.82 Å². The fourth-order valence-corrected chi connectivity index (χ4v) is 2.26. The summed E-state index contributed by atoms with van der Waals surface area (Å²) < 4.78 is 5.66. The zero-order valence-corrected chi connectivity index (χ0v) is 11.0. The van der Waals surface area contributed by atoms with Crippen LogP contribution in [0.15, 0.2) is 42.6 Å². The standard InChI is InChI=1S/C15H15N3O2/c16-14-9-11(5-6-17-14)15(19)18-7-8-20-13-4-2-1-3-12(13)10-18/h1-6,9H,7-8,10H2,(H2,16,17). The molecule has 1 aliphatic rings. The van der Waals surface area contributed by atoms with E-state index in [1.165, 1.54) is 0 Å². The van der Waals surface area contributed by atoms with E-state index in [1.54, 1.807) is 23.2 Å². The lowest BCUT2D eigenvalue weighted by molar-refractivity contribution is 0.0733. The van der Waals surface area contributed by atoms with Crippen molar-refractivity contribution in [2.24, 2.45) is 0 Å². The number of hydrogen-bond acceptors (Lipinski definition) is 4. The number of carbonyl (C=O) groups is 1. The number of amides is 1. The highest BCUT2D eigenvalue weighted by Gasteiger charge is 2.20. The first-order chi connectivity index (χ1) is 9.74. The SMILES string of the molecule is Nc1cc(C(=O)N2CCOc3ccccc3C2)ccn1. The van der Waals surface area contributed by atoms with Gasteiger partial charge in [-0.15, -0.1) is 0 Å². The molecule has 0 radical (unpaired) electrons. The maximum Gasteiger partial charge on any atom is 0.254 e. The fraction of sp³-hybridized carbons (Fsp3) is 0.200. The summed E-state index contributed by atoms with van der Waals surface area (Å²) in [6, 6.07) is 11.0. The van der Waals surface area contributed by atoms with Crippen molar-refractivity contribution in [1.29, 1.82) is 0 Å². The van der Waals surface area contributed by atoms with Crippen LogP contribution >= 0.6 is 0 Å². The molecule has 0 saturated heterocycles. The van der Waals surface area contributed by atoms with Gasteiger partial charge in [0.2, 0.25) is 0 Å². The number of nitrogen functional groups attached to an aromatic ring is 1. The Morgan fingerprint density at radius 1 is 1.30 bits per heavy atom. The van der Waals surface area contributed by atoms with Crippen molar-refractivity contribution in [1.82, 2.24) is 9.88 Å². The Morgan fingerprint density at radius 2 is 2.15 bits per heavy atom. The normalized spacial score (nSPS) is 14.1. The Balaban J connectivity index is 1.86. The topological polar surface area (TPSA) is 68.5 Å². The summed E-state index contributed by atoms with van der Waals surface area (Å²) in [4.78, 5) is 18.2. The molecular formula is C15H15N3O2. The van der Waals surface area contributed by atoms with Crippen LogP contribution in [0.1, 0.15) is 15.9 Å². The second kappa shape index (κ2) is 5.21. The molecule has 1 aromatic heterocycles. The van der Waals surface area contributed by atoms with Gasteiger partial charge in [0.1, 0.15) is 18.2 Å². The van der Waals surface area contributed by atoms with Gasteiger partial charge in [-0.1, -0.05) is 18.2 Å². The van der Waals surface area contributed by atoms with Gasteiger partial charge in [0.15, 0.2) is 0 Å². The monoisotopic (exact) mass is 269 g/mol. The molecule has 1 amide bonds. The number of rotatable bonds is 1. The van der Waals surface area contributed by atoms with Crippen LogP contribution in [0.25, 0.3) is 0 Å². The van der Waals surface area contributed by atoms with E-state index in [4.69, 9.17) is 10.5 Å². The highest BCUT2D eigenvalue weighted by molar-refractivity contribution is 5.94. The predicted octanol–water partition coefficient (Wildman–Crippen LogP) is 1.70. The lowest BCUT2D eigenvalue weighted by Crippen LogP contribution is -2.32. The van der Waals surface area contributed by atoms with Crippen molar-refractivity contribution in [2.75, 3.05) is 18.9 Å². The van der Waals surface area contributed by atoms with E-state index in [2.05, 4.69) is 4.98 Å². The van der Waals surface area contributed by atoms with Gasteiger partial charge in [-0.2, -0.15) is 0 Å². The number of hydrogen-bond donors (Lipinski definition) is 1. The fourth-order valence-electron chi connectivity index (χ4n) is 2.26. The van der Waals surface area contributed by atoms with Crippen LogP contribution in [0.5, 0.6) is 5.75 Å². The molecule has 0 saturated carbocycles. The van der Waals surface area contributed by atoms with E-state index in [9.17, 15) is 4.79 Å². The Hall–Kier alpha value is -2.56. The second-order valence-corrected chi connectivity index (χ2v) is 4.65. The average Bonchev–Trinajstić information content (AvgIpc) is 2.68. The Labute approximate surface area is 117 Å². The van der Waals surface area contributed by atoms with Gasteiger partial charge in [0, 0.05) is 23.9 Å². The summed E-state index contributed by atoms with van der Waals surface area (Å²) in [6.07, 6.45) is 1.55. The van der Waals surface area contributed by atoms with Crippen LogP contribution in [0, 0.1) is 0 Å². The molecule has 5 heteroatoms. The maximum absolute atomic E-state index is 12.5. The van der Waals surface area contributed by atoms with E-state index < -0.39 is 0 Å². The third-order valence-corrected chi connectivity index (χ3v) is 3.27. The zero-order chi connectivity index (χ0) is 13.9. The van der Waals surface area contributed by atoms with E-state index in [1.807, 2.05) is 24.3 Å². The summed E-state index contributed by atoms with van der Waals surface area (Å²) in [5, 5.41) is 0. The van der Waals surface area contributed by atoms with Crippen LogP contribution in [0.2, 0.25) is 0 Å². The molecule has 3 rings (SSSR count). The molecule has 0 spiro atoms. The molecule has 0 atom stereocenters. The van der Waals surface area contributed by atoms with E-state index in [0.717, 1.165) is 11.3 Å². The number of nitrogens with two attached hydrogens (primary N) is 1. The minimum absolute atomic E-state index is 0.0561. The molecule has 0 aliphatic carbocycles. The smallest absolute Gasteiger partial charge is 0.254 e. The third-order valence-electron chi connectivity index (χ3n) is 3.27. The van der Waals surface area contributed by atoms with Gasteiger partial charge in [-0.25, -0.2) is 4.98 Å². The molecule has 2 aromatic rings. The summed E-state index contributed by atoms with van der Waals surface area (Å²) in [6.45, 7) is 1.58. The summed E-state index contributed by atoms with van der Waals surface area (Å²) in [5.41, 5.74) is 7.19. The summed E-state index contributed by atoms with van der Waals surface area (Å²) >= 11 is 0. The summed E-state index contributed by atoms with van der Waals surface area (Å²) in [7, 11) is 0. The quantitative estimate of drug-likeness (QED) is 0.855. The first-order valence-electron chi connectivity index (χ1n) is 6.45. The summed E-state index contributed by atoms with van der Waals surface area (Å²) in [5.74, 6) is 1.14. The predicted molar refractivity (Wildman–Crippen MR) is 75.3 cm³/mol. The number of ether oxygens (including phenoxy) is 1.